The Kier molecular flexibility index (Phi) is 4.08. The molecular weight excluding hydrogens is 289 g/mol. The molecule has 0 spiro atoms. The number of rotatable bonds is 4. The highest BCUT2D eigenvalue weighted by Crippen LogP contribution is 2.66. The van der Waals surface area contributed by atoms with Gasteiger partial charge in [-0.2, -0.15) is 0 Å². The van der Waals surface area contributed by atoms with Crippen LogP contribution in [0, 0.1) is 5.16 Å². The summed E-state index contributed by atoms with van der Waals surface area (Å²) in [5.41, 5.74) is 2.25. The largest absolute Gasteiger partial charge is 0.318 e. The van der Waals surface area contributed by atoms with E-state index in [0.717, 1.165) is 36.2 Å². The van der Waals surface area contributed by atoms with E-state index in [9.17, 15) is 5.16 Å². The van der Waals surface area contributed by atoms with Crippen LogP contribution in [0.1, 0.15) is 13.3 Å². The van der Waals surface area contributed by atoms with E-state index in [0.29, 0.717) is 0 Å². The lowest BCUT2D eigenvalue weighted by Gasteiger charge is -2.37. The van der Waals surface area contributed by atoms with Crippen molar-refractivity contribution in [3.05, 3.63) is 72.6 Å². The van der Waals surface area contributed by atoms with E-state index < -0.39 is 7.36 Å². The Hall–Kier alpha value is -1.99. The predicted molar refractivity (Wildman–Crippen MR) is 96.6 cm³/mol. The van der Waals surface area contributed by atoms with Gasteiger partial charge in [0.1, 0.15) is 0 Å². The number of nitrogens with zero attached hydrogens (tertiary/aromatic N) is 2. The van der Waals surface area contributed by atoms with Crippen molar-refractivity contribution < 1.29 is 0 Å². The highest BCUT2D eigenvalue weighted by atomic mass is 31.2. The molecule has 2 aromatic rings. The monoisotopic (exact) mass is 311 g/mol. The standard InChI is InChI=1S/C18H22N3P/c1-3-16(2)22(19)20(17-10-6-4-7-11-17)14-15-21(22)18-12-8-5-9-13-18/h4-13,19H,2-3,14-15H2,1H3. The van der Waals surface area contributed by atoms with Gasteiger partial charge >= 0.3 is 0 Å². The molecule has 4 heteroatoms. The Morgan fingerprint density at radius 1 is 0.955 bits per heavy atom. The number of benzene rings is 2. The van der Waals surface area contributed by atoms with Crippen molar-refractivity contribution >= 4 is 18.7 Å². The molecule has 1 fully saturated rings. The van der Waals surface area contributed by atoms with Crippen molar-refractivity contribution in [3.63, 3.8) is 0 Å². The quantitative estimate of drug-likeness (QED) is 0.751. The predicted octanol–water partition coefficient (Wildman–Crippen LogP) is 5.55. The van der Waals surface area contributed by atoms with Gasteiger partial charge in [-0.3, -0.25) is 5.16 Å². The van der Waals surface area contributed by atoms with E-state index >= 15 is 0 Å². The van der Waals surface area contributed by atoms with Gasteiger partial charge in [0, 0.05) is 29.8 Å². The van der Waals surface area contributed by atoms with Crippen molar-refractivity contribution in [2.45, 2.75) is 13.3 Å². The maximum absolute atomic E-state index is 9.34. The zero-order valence-corrected chi connectivity index (χ0v) is 13.8. The summed E-state index contributed by atoms with van der Waals surface area (Å²) >= 11 is 0. The van der Waals surface area contributed by atoms with Crippen LogP contribution in [0.2, 0.25) is 0 Å². The molecule has 1 heterocycles. The van der Waals surface area contributed by atoms with Gasteiger partial charge in [0.2, 0.25) is 0 Å². The minimum Gasteiger partial charge on any atom is -0.318 e. The van der Waals surface area contributed by atoms with E-state index in [1.54, 1.807) is 0 Å². The molecule has 0 atom stereocenters. The Bertz CT molecular complexity index is 645. The third-order valence-electron chi connectivity index (χ3n) is 4.18. The molecule has 0 radical (unpaired) electrons. The third-order valence-corrected chi connectivity index (χ3v) is 7.64. The molecule has 1 aliphatic heterocycles. The molecular formula is C18H22N3P. The average Bonchev–Trinajstić information content (AvgIpc) is 2.94. The third kappa shape index (κ3) is 2.36. The fourth-order valence-electron chi connectivity index (χ4n) is 2.96. The lowest BCUT2D eigenvalue weighted by atomic mass is 10.3. The van der Waals surface area contributed by atoms with Crippen LogP contribution < -0.4 is 9.34 Å². The van der Waals surface area contributed by atoms with Gasteiger partial charge in [0.15, 0.2) is 7.36 Å². The summed E-state index contributed by atoms with van der Waals surface area (Å²) in [5, 5.41) is 10.4. The molecule has 0 saturated carbocycles. The second kappa shape index (κ2) is 6.02. The zero-order chi connectivity index (χ0) is 15.6. The lowest BCUT2D eigenvalue weighted by molar-refractivity contribution is 1.02. The van der Waals surface area contributed by atoms with Gasteiger partial charge in [0.05, 0.1) is 0 Å². The van der Waals surface area contributed by atoms with Gasteiger partial charge in [-0.15, -0.1) is 0 Å². The van der Waals surface area contributed by atoms with Gasteiger partial charge in [-0.25, -0.2) is 0 Å². The molecule has 22 heavy (non-hydrogen) atoms. The second-order valence-corrected chi connectivity index (χ2v) is 8.24. The number of allylic oxidation sites excluding steroid dienone is 1. The molecule has 1 N–H and O–H groups in total. The van der Waals surface area contributed by atoms with E-state index in [2.05, 4.69) is 47.1 Å². The molecule has 3 rings (SSSR count). The first-order valence-electron chi connectivity index (χ1n) is 7.66. The smallest absolute Gasteiger partial charge is 0.168 e. The first-order valence-corrected chi connectivity index (χ1v) is 9.36. The molecule has 1 saturated heterocycles. The van der Waals surface area contributed by atoms with Crippen LogP contribution in [0.4, 0.5) is 11.4 Å². The summed E-state index contributed by atoms with van der Waals surface area (Å²) in [4.78, 5) is 0. The normalized spacial score (nSPS) is 16.8. The highest BCUT2D eigenvalue weighted by Gasteiger charge is 2.40. The number of hydrogen-bond acceptors (Lipinski definition) is 1. The minimum absolute atomic E-state index is 0.837. The van der Waals surface area contributed by atoms with Crippen LogP contribution in [-0.4, -0.2) is 13.1 Å². The Balaban J connectivity index is 2.07. The van der Waals surface area contributed by atoms with Crippen LogP contribution in [0.15, 0.2) is 72.6 Å². The topological polar surface area (TPSA) is 30.3 Å². The summed E-state index contributed by atoms with van der Waals surface area (Å²) in [6.07, 6.45) is 0.837. The molecule has 0 bridgehead atoms. The van der Waals surface area contributed by atoms with E-state index in [-0.39, 0.29) is 0 Å². The number of para-hydroxylation sites is 2. The van der Waals surface area contributed by atoms with Gasteiger partial charge in [-0.1, -0.05) is 49.9 Å². The van der Waals surface area contributed by atoms with Crippen molar-refractivity contribution in [1.82, 2.24) is 0 Å². The van der Waals surface area contributed by atoms with Gasteiger partial charge in [0.25, 0.3) is 0 Å². The Labute approximate surface area is 132 Å². The van der Waals surface area contributed by atoms with Crippen LogP contribution in [0.3, 0.4) is 0 Å². The molecule has 0 aliphatic carbocycles. The molecule has 0 amide bonds. The van der Waals surface area contributed by atoms with Crippen molar-refractivity contribution in [2.75, 3.05) is 22.4 Å². The summed E-state index contributed by atoms with van der Waals surface area (Å²) in [5.74, 6) is 0. The average molecular weight is 311 g/mol. The summed E-state index contributed by atoms with van der Waals surface area (Å²) in [6.45, 7) is 8.10. The second-order valence-electron chi connectivity index (χ2n) is 5.44. The maximum atomic E-state index is 9.34. The van der Waals surface area contributed by atoms with Gasteiger partial charge in [-0.05, 0) is 30.7 Å². The fourth-order valence-corrected chi connectivity index (χ4v) is 6.04. The Morgan fingerprint density at radius 3 is 1.73 bits per heavy atom. The van der Waals surface area contributed by atoms with E-state index in [1.807, 2.05) is 36.4 Å². The van der Waals surface area contributed by atoms with Crippen LogP contribution in [0.5, 0.6) is 0 Å². The van der Waals surface area contributed by atoms with Crippen molar-refractivity contribution in [2.24, 2.45) is 0 Å². The lowest BCUT2D eigenvalue weighted by Crippen LogP contribution is -2.19. The maximum Gasteiger partial charge on any atom is 0.168 e. The SMILES string of the molecule is C=C(CC)P1(=N)N(c2ccccc2)CCN1c1ccccc1. The minimum atomic E-state index is -2.35. The number of anilines is 2. The molecule has 114 valence electrons. The van der Waals surface area contributed by atoms with Gasteiger partial charge < -0.3 is 9.34 Å². The van der Waals surface area contributed by atoms with Crippen molar-refractivity contribution in [3.8, 4) is 0 Å². The number of hydrogen-bond donors (Lipinski definition) is 1. The summed E-state index contributed by atoms with van der Waals surface area (Å²) in [6, 6.07) is 20.6. The highest BCUT2D eigenvalue weighted by molar-refractivity contribution is 7.72. The molecule has 3 nitrogen and oxygen atoms in total. The summed E-state index contributed by atoms with van der Waals surface area (Å²) in [7, 11) is -2.35. The van der Waals surface area contributed by atoms with Crippen LogP contribution in [-0.2, 0) is 0 Å². The molecule has 2 aromatic carbocycles. The molecule has 1 aliphatic rings. The summed E-state index contributed by atoms with van der Waals surface area (Å²) < 4.78 is 4.51. The first kappa shape index (κ1) is 14.9. The van der Waals surface area contributed by atoms with E-state index in [4.69, 9.17) is 0 Å². The fraction of sp³-hybridized carbons (Fsp3) is 0.222. The van der Waals surface area contributed by atoms with Crippen LogP contribution in [0.25, 0.3) is 0 Å². The zero-order valence-electron chi connectivity index (χ0n) is 12.9. The first-order chi connectivity index (χ1) is 10.7. The van der Waals surface area contributed by atoms with Crippen LogP contribution >= 0.6 is 7.36 Å². The Morgan fingerprint density at radius 2 is 1.36 bits per heavy atom. The van der Waals surface area contributed by atoms with E-state index in [1.165, 1.54) is 0 Å². The molecule has 0 unspecified atom stereocenters. The molecule has 0 aromatic heterocycles. The van der Waals surface area contributed by atoms with Crippen molar-refractivity contribution in [1.29, 1.82) is 5.16 Å². The number of nitrogens with one attached hydrogen (secondary N) is 1.